The van der Waals surface area contributed by atoms with E-state index < -0.39 is 23.5 Å². The normalized spacial score (nSPS) is 11.7. The first-order valence-electron chi connectivity index (χ1n) is 9.88. The van der Waals surface area contributed by atoms with E-state index in [4.69, 9.17) is 0 Å². The van der Waals surface area contributed by atoms with Crippen molar-refractivity contribution >= 4 is 11.9 Å². The number of benzene rings is 2. The first kappa shape index (κ1) is 22.0. The molecule has 3 aromatic rings. The zero-order valence-electron chi connectivity index (χ0n) is 17.3. The highest BCUT2D eigenvalue weighted by Gasteiger charge is 2.25. The van der Waals surface area contributed by atoms with Crippen molar-refractivity contribution in [2.24, 2.45) is 0 Å². The minimum atomic E-state index is -1.29. The summed E-state index contributed by atoms with van der Waals surface area (Å²) in [5.74, 6) is -2.37. The lowest BCUT2D eigenvalue weighted by Crippen LogP contribution is -2.39. The molecule has 160 valence electrons. The molecule has 0 fully saturated rings. The third kappa shape index (κ3) is 4.88. The molecule has 0 aliphatic carbocycles. The number of hydrogen-bond acceptors (Lipinski definition) is 3. The van der Waals surface area contributed by atoms with Crippen LogP contribution in [0.3, 0.4) is 0 Å². The van der Waals surface area contributed by atoms with E-state index in [1.165, 1.54) is 22.8 Å². The van der Waals surface area contributed by atoms with Crippen molar-refractivity contribution in [2.75, 3.05) is 0 Å². The number of hydrogen-bond donors (Lipinski definition) is 2. The molecule has 0 spiro atoms. The summed E-state index contributed by atoms with van der Waals surface area (Å²) in [6, 6.07) is 14.3. The highest BCUT2D eigenvalue weighted by atomic mass is 19.1. The molecule has 31 heavy (non-hydrogen) atoms. The summed E-state index contributed by atoms with van der Waals surface area (Å²) in [6.45, 7) is 3.87. The molecule has 3 rings (SSSR count). The second kappa shape index (κ2) is 9.38. The molecule has 1 amide bonds. The average Bonchev–Trinajstić information content (AvgIpc) is 2.76. The number of nitrogens with one attached hydrogen (secondary N) is 1. The molecule has 0 aliphatic heterocycles. The first-order chi connectivity index (χ1) is 14.8. The van der Waals surface area contributed by atoms with Crippen LogP contribution in [0.25, 0.3) is 0 Å². The van der Waals surface area contributed by atoms with E-state index >= 15 is 0 Å². The maximum absolute atomic E-state index is 13.2. The fourth-order valence-corrected chi connectivity index (χ4v) is 3.56. The lowest BCUT2D eigenvalue weighted by atomic mass is 10.0. The highest BCUT2D eigenvalue weighted by molar-refractivity contribution is 5.96. The molecule has 7 heteroatoms. The Labute approximate surface area is 179 Å². The SMILES string of the molecule is CCc1c(C)cc(C(=O)NC(C(=O)O)c2ccccc2)c(=O)n1Cc1ccc(F)cc1. The highest BCUT2D eigenvalue weighted by Crippen LogP contribution is 2.16. The maximum Gasteiger partial charge on any atom is 0.330 e. The van der Waals surface area contributed by atoms with Crippen molar-refractivity contribution in [3.05, 3.63) is 105 Å². The van der Waals surface area contributed by atoms with E-state index in [-0.39, 0.29) is 17.9 Å². The van der Waals surface area contributed by atoms with Crippen LogP contribution in [0.1, 0.15) is 45.7 Å². The van der Waals surface area contributed by atoms with Crippen LogP contribution < -0.4 is 10.9 Å². The van der Waals surface area contributed by atoms with Crippen molar-refractivity contribution in [1.29, 1.82) is 0 Å². The maximum atomic E-state index is 13.2. The minimum absolute atomic E-state index is 0.140. The van der Waals surface area contributed by atoms with E-state index in [1.807, 2.05) is 6.92 Å². The molecule has 0 bridgehead atoms. The van der Waals surface area contributed by atoms with E-state index in [0.717, 1.165) is 11.3 Å². The lowest BCUT2D eigenvalue weighted by Gasteiger charge is -2.18. The quantitative estimate of drug-likeness (QED) is 0.610. The summed E-state index contributed by atoms with van der Waals surface area (Å²) in [7, 11) is 0. The van der Waals surface area contributed by atoms with Gasteiger partial charge in [-0.05, 0) is 48.2 Å². The van der Waals surface area contributed by atoms with Crippen LogP contribution >= 0.6 is 0 Å². The molecule has 0 aliphatic rings. The number of carboxylic acid groups (broad SMARTS) is 1. The number of rotatable bonds is 7. The van der Waals surface area contributed by atoms with Crippen molar-refractivity contribution in [1.82, 2.24) is 9.88 Å². The topological polar surface area (TPSA) is 88.4 Å². The van der Waals surface area contributed by atoms with Crippen LogP contribution in [0.4, 0.5) is 4.39 Å². The van der Waals surface area contributed by atoms with Crippen LogP contribution in [-0.2, 0) is 17.8 Å². The molecule has 0 saturated carbocycles. The molecule has 6 nitrogen and oxygen atoms in total. The number of aromatic nitrogens is 1. The molecule has 2 N–H and O–H groups in total. The Balaban J connectivity index is 1.99. The number of aryl methyl sites for hydroxylation is 1. The van der Waals surface area contributed by atoms with Crippen LogP contribution in [0.2, 0.25) is 0 Å². The number of carbonyl (C=O) groups is 2. The molecule has 1 aromatic heterocycles. The van der Waals surface area contributed by atoms with Crippen LogP contribution in [0.15, 0.2) is 65.5 Å². The van der Waals surface area contributed by atoms with Crippen LogP contribution in [-0.4, -0.2) is 21.6 Å². The summed E-state index contributed by atoms with van der Waals surface area (Å²) in [4.78, 5) is 37.8. The van der Waals surface area contributed by atoms with Crippen molar-refractivity contribution in [3.8, 4) is 0 Å². The number of pyridine rings is 1. The van der Waals surface area contributed by atoms with Crippen LogP contribution in [0.5, 0.6) is 0 Å². The molecule has 2 aromatic carbocycles. The average molecular weight is 422 g/mol. The van der Waals surface area contributed by atoms with E-state index in [2.05, 4.69) is 5.32 Å². The van der Waals surface area contributed by atoms with E-state index in [1.54, 1.807) is 49.4 Å². The number of carboxylic acids is 1. The summed E-state index contributed by atoms with van der Waals surface area (Å²) < 4.78 is 14.7. The van der Waals surface area contributed by atoms with Gasteiger partial charge < -0.3 is 15.0 Å². The van der Waals surface area contributed by atoms with Gasteiger partial charge in [-0.3, -0.25) is 9.59 Å². The number of halogens is 1. The fraction of sp³-hybridized carbons (Fsp3) is 0.208. The summed E-state index contributed by atoms with van der Waals surface area (Å²) in [5, 5.41) is 12.0. The van der Waals surface area contributed by atoms with Gasteiger partial charge in [-0.15, -0.1) is 0 Å². The smallest absolute Gasteiger partial charge is 0.330 e. The van der Waals surface area contributed by atoms with Crippen molar-refractivity contribution in [2.45, 2.75) is 32.9 Å². The van der Waals surface area contributed by atoms with E-state index in [0.29, 0.717) is 17.5 Å². The second-order valence-electron chi connectivity index (χ2n) is 7.21. The molecule has 1 atom stereocenters. The van der Waals surface area contributed by atoms with E-state index in [9.17, 15) is 23.9 Å². The fourth-order valence-electron chi connectivity index (χ4n) is 3.56. The monoisotopic (exact) mass is 422 g/mol. The Hall–Kier alpha value is -3.74. The number of amides is 1. The molecule has 1 heterocycles. The third-order valence-corrected chi connectivity index (χ3v) is 5.11. The predicted octanol–water partition coefficient (Wildman–Crippen LogP) is 3.46. The van der Waals surface area contributed by atoms with Gasteiger partial charge in [0, 0.05) is 5.69 Å². The van der Waals surface area contributed by atoms with Gasteiger partial charge in [0.05, 0.1) is 6.54 Å². The molecule has 0 saturated heterocycles. The third-order valence-electron chi connectivity index (χ3n) is 5.11. The second-order valence-corrected chi connectivity index (χ2v) is 7.21. The van der Waals surface area contributed by atoms with Gasteiger partial charge in [0.15, 0.2) is 6.04 Å². The van der Waals surface area contributed by atoms with Crippen molar-refractivity contribution < 1.29 is 19.1 Å². The molecular weight excluding hydrogens is 399 g/mol. The zero-order valence-corrected chi connectivity index (χ0v) is 17.3. The van der Waals surface area contributed by atoms with Gasteiger partial charge in [0.2, 0.25) is 0 Å². The number of nitrogens with zero attached hydrogens (tertiary/aromatic N) is 1. The Kier molecular flexibility index (Phi) is 6.65. The van der Waals surface area contributed by atoms with Crippen molar-refractivity contribution in [3.63, 3.8) is 0 Å². The summed E-state index contributed by atoms with van der Waals surface area (Å²) in [6.07, 6.45) is 0.561. The zero-order chi connectivity index (χ0) is 22.5. The van der Waals surface area contributed by atoms with Gasteiger partial charge in [-0.2, -0.15) is 0 Å². The van der Waals surface area contributed by atoms with Gasteiger partial charge in [0.1, 0.15) is 11.4 Å². The predicted molar refractivity (Wildman–Crippen MR) is 115 cm³/mol. The largest absolute Gasteiger partial charge is 0.479 e. The number of aliphatic carboxylic acids is 1. The molecule has 1 unspecified atom stereocenters. The molecular formula is C24H23FN2O4. The summed E-state index contributed by atoms with van der Waals surface area (Å²) >= 11 is 0. The minimum Gasteiger partial charge on any atom is -0.479 e. The van der Waals surface area contributed by atoms with Gasteiger partial charge in [-0.25, -0.2) is 9.18 Å². The molecule has 0 radical (unpaired) electrons. The van der Waals surface area contributed by atoms with Crippen LogP contribution in [0, 0.1) is 12.7 Å². The summed E-state index contributed by atoms with van der Waals surface area (Å²) in [5.41, 5.74) is 1.94. The first-order valence-corrected chi connectivity index (χ1v) is 9.88. The Morgan fingerprint density at radius 1 is 1.10 bits per heavy atom. The Morgan fingerprint density at radius 2 is 1.74 bits per heavy atom. The van der Waals surface area contributed by atoms with Gasteiger partial charge >= 0.3 is 5.97 Å². The standard InChI is InChI=1S/C24H23FN2O4/c1-3-20-15(2)13-19(23(29)27(20)14-16-9-11-18(25)12-10-16)22(28)26-21(24(30)31)17-7-5-4-6-8-17/h4-13,21H,3,14H2,1-2H3,(H,26,28)(H,30,31). The number of carbonyl (C=O) groups excluding carboxylic acids is 1. The lowest BCUT2D eigenvalue weighted by molar-refractivity contribution is -0.139. The van der Waals surface area contributed by atoms with Gasteiger partial charge in [0.25, 0.3) is 11.5 Å². The Bertz CT molecular complexity index is 1150. The van der Waals surface area contributed by atoms with Gasteiger partial charge in [-0.1, -0.05) is 49.4 Å². The Morgan fingerprint density at radius 3 is 2.32 bits per heavy atom.